The summed E-state index contributed by atoms with van der Waals surface area (Å²) in [5.41, 5.74) is 5.48. The average molecular weight is 196 g/mol. The smallest absolute Gasteiger partial charge is 0.258 e. The van der Waals surface area contributed by atoms with Gasteiger partial charge >= 0.3 is 0 Å². The number of nitrogens with zero attached hydrogens (tertiary/aromatic N) is 1. The first kappa shape index (κ1) is 10.2. The minimum Gasteiger partial charge on any atom is -0.386 e. The van der Waals surface area contributed by atoms with Crippen molar-refractivity contribution in [3.8, 4) is 0 Å². The fourth-order valence-corrected chi connectivity index (χ4v) is 0.748. The largest absolute Gasteiger partial charge is 0.386 e. The Labute approximate surface area is 80.2 Å². The third-order valence-corrected chi connectivity index (χ3v) is 1.35. The molecule has 0 fully saturated rings. The monoisotopic (exact) mass is 196 g/mol. The molecule has 1 aromatic rings. The number of benzene rings is 1. The second kappa shape index (κ2) is 4.96. The molecular weight excluding hydrogens is 187 g/mol. The molecule has 0 aliphatic heterocycles. The molecule has 1 rings (SSSR count). The molecule has 14 heavy (non-hydrogen) atoms. The van der Waals surface area contributed by atoms with Crippen LogP contribution in [0.15, 0.2) is 29.4 Å². The number of nitrogens with two attached hydrogens (primary N) is 1. The normalized spacial score (nSPS) is 10.4. The number of carbonyl (C=O) groups excluding carboxylic acids is 1. The van der Waals surface area contributed by atoms with E-state index in [0.717, 1.165) is 0 Å². The number of rotatable bonds is 4. The van der Waals surface area contributed by atoms with Gasteiger partial charge in [0.15, 0.2) is 6.61 Å². The molecule has 0 bridgehead atoms. The molecule has 0 aromatic heterocycles. The topological polar surface area (TPSA) is 64.7 Å². The summed E-state index contributed by atoms with van der Waals surface area (Å²) in [4.78, 5) is 14.8. The van der Waals surface area contributed by atoms with Gasteiger partial charge in [-0.15, -0.1) is 0 Å². The molecular formula is C9H9FN2O2. The number of oxime groups is 1. The van der Waals surface area contributed by atoms with Gasteiger partial charge in [-0.25, -0.2) is 4.39 Å². The van der Waals surface area contributed by atoms with Gasteiger partial charge in [-0.3, -0.25) is 4.79 Å². The highest BCUT2D eigenvalue weighted by molar-refractivity contribution is 5.79. The minimum absolute atomic E-state index is 0.266. The highest BCUT2D eigenvalue weighted by Crippen LogP contribution is 1.99. The fraction of sp³-hybridized carbons (Fsp3) is 0.111. The van der Waals surface area contributed by atoms with E-state index in [1.165, 1.54) is 30.5 Å². The number of amides is 1. The molecule has 1 amide bonds. The van der Waals surface area contributed by atoms with Gasteiger partial charge in [-0.1, -0.05) is 17.3 Å². The Balaban J connectivity index is 2.44. The van der Waals surface area contributed by atoms with Crippen LogP contribution < -0.4 is 5.73 Å². The highest BCUT2D eigenvalue weighted by Gasteiger charge is 1.92. The van der Waals surface area contributed by atoms with Gasteiger partial charge in [0.25, 0.3) is 5.91 Å². The standard InChI is InChI=1S/C9H9FN2O2/c10-8-3-1-7(2-4-8)5-12-14-6-9(11)13/h1-5H,6H2,(H2,11,13). The van der Waals surface area contributed by atoms with Crippen LogP contribution in [-0.2, 0) is 9.63 Å². The molecule has 0 saturated carbocycles. The quantitative estimate of drug-likeness (QED) is 0.568. The maximum absolute atomic E-state index is 12.4. The van der Waals surface area contributed by atoms with E-state index in [1.54, 1.807) is 0 Å². The van der Waals surface area contributed by atoms with Crippen LogP contribution in [0.3, 0.4) is 0 Å². The number of hydrogen-bond donors (Lipinski definition) is 1. The summed E-state index contributed by atoms with van der Waals surface area (Å²) in [6, 6.07) is 5.67. The molecule has 0 aliphatic carbocycles. The Kier molecular flexibility index (Phi) is 3.60. The Hall–Kier alpha value is -1.91. The zero-order chi connectivity index (χ0) is 10.4. The summed E-state index contributed by atoms with van der Waals surface area (Å²) < 4.78 is 12.4. The summed E-state index contributed by atoms with van der Waals surface area (Å²) in [6.07, 6.45) is 1.36. The summed E-state index contributed by atoms with van der Waals surface area (Å²) >= 11 is 0. The van der Waals surface area contributed by atoms with Crippen LogP contribution in [-0.4, -0.2) is 18.7 Å². The lowest BCUT2D eigenvalue weighted by atomic mass is 10.2. The lowest BCUT2D eigenvalue weighted by Crippen LogP contribution is -2.16. The van der Waals surface area contributed by atoms with Gasteiger partial charge in [0.05, 0.1) is 6.21 Å². The van der Waals surface area contributed by atoms with E-state index in [-0.39, 0.29) is 12.4 Å². The van der Waals surface area contributed by atoms with Crippen molar-refractivity contribution in [1.29, 1.82) is 0 Å². The van der Waals surface area contributed by atoms with Crippen molar-refractivity contribution in [2.45, 2.75) is 0 Å². The first-order chi connectivity index (χ1) is 6.68. The van der Waals surface area contributed by atoms with Gasteiger partial charge in [0.1, 0.15) is 5.82 Å². The average Bonchev–Trinajstić information content (AvgIpc) is 2.15. The Morgan fingerprint density at radius 3 is 2.71 bits per heavy atom. The SMILES string of the molecule is NC(=O)CON=Cc1ccc(F)cc1. The zero-order valence-corrected chi connectivity index (χ0v) is 7.31. The van der Waals surface area contributed by atoms with Crippen LogP contribution in [0.5, 0.6) is 0 Å². The van der Waals surface area contributed by atoms with E-state index in [2.05, 4.69) is 9.99 Å². The number of carbonyl (C=O) groups is 1. The van der Waals surface area contributed by atoms with Crippen LogP contribution in [0.4, 0.5) is 4.39 Å². The Morgan fingerprint density at radius 2 is 2.14 bits per heavy atom. The molecule has 2 N–H and O–H groups in total. The van der Waals surface area contributed by atoms with Crippen molar-refractivity contribution >= 4 is 12.1 Å². The molecule has 4 nitrogen and oxygen atoms in total. The molecule has 1 aromatic carbocycles. The van der Waals surface area contributed by atoms with Crippen molar-refractivity contribution in [2.24, 2.45) is 10.9 Å². The molecule has 0 spiro atoms. The van der Waals surface area contributed by atoms with E-state index in [4.69, 9.17) is 5.73 Å². The first-order valence-corrected chi connectivity index (χ1v) is 3.87. The summed E-state index contributed by atoms with van der Waals surface area (Å²) in [5.74, 6) is -0.915. The first-order valence-electron chi connectivity index (χ1n) is 3.87. The van der Waals surface area contributed by atoms with E-state index in [1.807, 2.05) is 0 Å². The van der Waals surface area contributed by atoms with E-state index in [9.17, 15) is 9.18 Å². The summed E-state index contributed by atoms with van der Waals surface area (Å²) in [7, 11) is 0. The lowest BCUT2D eigenvalue weighted by molar-refractivity contribution is -0.122. The van der Waals surface area contributed by atoms with E-state index < -0.39 is 5.91 Å². The Morgan fingerprint density at radius 1 is 1.50 bits per heavy atom. The Bertz CT molecular complexity index is 335. The molecule has 0 atom stereocenters. The second-order valence-electron chi connectivity index (χ2n) is 2.53. The van der Waals surface area contributed by atoms with Crippen molar-refractivity contribution in [3.05, 3.63) is 35.6 Å². The molecule has 0 saturated heterocycles. The van der Waals surface area contributed by atoms with Crippen LogP contribution in [0.1, 0.15) is 5.56 Å². The predicted molar refractivity (Wildman–Crippen MR) is 49.1 cm³/mol. The van der Waals surface area contributed by atoms with Crippen LogP contribution in [0.25, 0.3) is 0 Å². The van der Waals surface area contributed by atoms with Crippen molar-refractivity contribution < 1.29 is 14.0 Å². The summed E-state index contributed by atoms with van der Waals surface area (Å²) in [5, 5.41) is 3.46. The van der Waals surface area contributed by atoms with E-state index in [0.29, 0.717) is 5.56 Å². The van der Waals surface area contributed by atoms with Crippen molar-refractivity contribution in [3.63, 3.8) is 0 Å². The van der Waals surface area contributed by atoms with Gasteiger partial charge in [0, 0.05) is 0 Å². The molecule has 0 heterocycles. The van der Waals surface area contributed by atoms with Gasteiger partial charge < -0.3 is 10.6 Å². The van der Waals surface area contributed by atoms with Gasteiger partial charge in [-0.05, 0) is 17.7 Å². The predicted octanol–water partition coefficient (Wildman–Crippen LogP) is 0.661. The third-order valence-electron chi connectivity index (χ3n) is 1.35. The minimum atomic E-state index is -0.596. The van der Waals surface area contributed by atoms with Gasteiger partial charge in [0.2, 0.25) is 0 Å². The molecule has 0 unspecified atom stereocenters. The zero-order valence-electron chi connectivity index (χ0n) is 7.31. The molecule has 5 heteroatoms. The van der Waals surface area contributed by atoms with Crippen LogP contribution in [0.2, 0.25) is 0 Å². The second-order valence-corrected chi connectivity index (χ2v) is 2.53. The third kappa shape index (κ3) is 3.66. The summed E-state index contributed by atoms with van der Waals surface area (Å²) in [6.45, 7) is -0.266. The molecule has 0 aliphatic rings. The lowest BCUT2D eigenvalue weighted by Gasteiger charge is -1.94. The van der Waals surface area contributed by atoms with Gasteiger partial charge in [-0.2, -0.15) is 0 Å². The molecule has 0 radical (unpaired) electrons. The highest BCUT2D eigenvalue weighted by atomic mass is 19.1. The van der Waals surface area contributed by atoms with E-state index >= 15 is 0 Å². The van der Waals surface area contributed by atoms with Crippen molar-refractivity contribution in [1.82, 2.24) is 0 Å². The molecule has 74 valence electrons. The maximum Gasteiger partial charge on any atom is 0.258 e. The van der Waals surface area contributed by atoms with Crippen LogP contribution >= 0.6 is 0 Å². The maximum atomic E-state index is 12.4. The number of halogens is 1. The van der Waals surface area contributed by atoms with Crippen LogP contribution in [0, 0.1) is 5.82 Å². The fourth-order valence-electron chi connectivity index (χ4n) is 0.748. The number of primary amides is 1. The number of hydrogen-bond acceptors (Lipinski definition) is 3. The van der Waals surface area contributed by atoms with Crippen molar-refractivity contribution in [2.75, 3.05) is 6.61 Å².